The van der Waals surface area contributed by atoms with E-state index < -0.39 is 0 Å². The quantitative estimate of drug-likeness (QED) is 0.900. The van der Waals surface area contributed by atoms with Crippen molar-refractivity contribution in [2.75, 3.05) is 5.73 Å². The van der Waals surface area contributed by atoms with Crippen LogP contribution in [0.15, 0.2) is 12.4 Å². The monoisotopic (exact) mass is 261 g/mol. The highest BCUT2D eigenvalue weighted by molar-refractivity contribution is 5.69. The second-order valence-corrected chi connectivity index (χ2v) is 5.20. The largest absolute Gasteiger partial charge is 0.383 e. The summed E-state index contributed by atoms with van der Waals surface area (Å²) in [5.41, 5.74) is 8.06. The van der Waals surface area contributed by atoms with Crippen LogP contribution in [0.3, 0.4) is 0 Å². The fraction of sp³-hybridized carbons (Fsp3) is 0.571. The van der Waals surface area contributed by atoms with Crippen molar-refractivity contribution in [2.24, 2.45) is 0 Å². The number of rotatable bonds is 5. The predicted octanol–water partition coefficient (Wildman–Crippen LogP) is 3.02. The van der Waals surface area contributed by atoms with Crippen LogP contribution in [0.5, 0.6) is 0 Å². The van der Waals surface area contributed by atoms with Gasteiger partial charge in [0.25, 0.3) is 0 Å². The van der Waals surface area contributed by atoms with Gasteiger partial charge in [-0.15, -0.1) is 0 Å². The summed E-state index contributed by atoms with van der Waals surface area (Å²) in [6.07, 6.45) is 6.11. The van der Waals surface area contributed by atoms with Crippen LogP contribution in [0.1, 0.15) is 45.5 Å². The molecule has 0 bridgehead atoms. The van der Waals surface area contributed by atoms with Crippen LogP contribution in [0, 0.1) is 6.92 Å². The number of imidazole rings is 1. The third kappa shape index (κ3) is 2.64. The molecule has 2 N–H and O–H groups in total. The summed E-state index contributed by atoms with van der Waals surface area (Å²) in [6, 6.07) is 0.346. The molecule has 2 heterocycles. The lowest BCUT2D eigenvalue weighted by atomic mass is 10.2. The smallest absolute Gasteiger partial charge is 0.131 e. The number of hydrogen-bond donors (Lipinski definition) is 1. The van der Waals surface area contributed by atoms with Crippen LogP contribution in [-0.4, -0.2) is 19.3 Å². The average Bonchev–Trinajstić information content (AvgIpc) is 2.94. The second-order valence-electron chi connectivity index (χ2n) is 5.20. The molecule has 104 valence electrons. The number of anilines is 1. The molecule has 0 atom stereocenters. The normalized spacial score (nSPS) is 11.4. The number of nitrogens with zero attached hydrogens (tertiary/aromatic N) is 4. The molecule has 0 spiro atoms. The van der Waals surface area contributed by atoms with Gasteiger partial charge in [-0.3, -0.25) is 4.68 Å². The maximum atomic E-state index is 6.23. The molecule has 5 nitrogen and oxygen atoms in total. The van der Waals surface area contributed by atoms with Crippen molar-refractivity contribution in [3.63, 3.8) is 0 Å². The Balaban J connectivity index is 2.34. The van der Waals surface area contributed by atoms with Gasteiger partial charge in [0.15, 0.2) is 0 Å². The van der Waals surface area contributed by atoms with Crippen LogP contribution < -0.4 is 5.73 Å². The van der Waals surface area contributed by atoms with Gasteiger partial charge in [-0.05, 0) is 27.2 Å². The molecule has 0 unspecified atom stereocenters. The first kappa shape index (κ1) is 13.6. The molecule has 0 aliphatic heterocycles. The number of hydrogen-bond acceptors (Lipinski definition) is 3. The van der Waals surface area contributed by atoms with E-state index in [2.05, 4.69) is 35.4 Å². The Kier molecular flexibility index (Phi) is 3.93. The van der Waals surface area contributed by atoms with Crippen LogP contribution >= 0.6 is 0 Å². The van der Waals surface area contributed by atoms with Crippen molar-refractivity contribution in [3.05, 3.63) is 18.2 Å². The number of unbranched alkanes of at least 4 members (excludes halogenated alkanes) is 1. The van der Waals surface area contributed by atoms with Gasteiger partial charge >= 0.3 is 0 Å². The predicted molar refractivity (Wildman–Crippen MR) is 77.9 cm³/mol. The van der Waals surface area contributed by atoms with Crippen LogP contribution in [0.2, 0.25) is 0 Å². The molecule has 5 heteroatoms. The van der Waals surface area contributed by atoms with Gasteiger partial charge in [0, 0.05) is 24.3 Å². The minimum absolute atomic E-state index is 0.346. The molecule has 0 saturated carbocycles. The lowest BCUT2D eigenvalue weighted by Crippen LogP contribution is -2.04. The number of aromatic nitrogens is 4. The van der Waals surface area contributed by atoms with E-state index in [1.807, 2.05) is 24.0 Å². The standard InChI is InChI=1S/C14H23N5/c1-5-6-7-18-11(4)17-13(14(18)15)12-8-16-19(9-12)10(2)3/h8-10H,5-7,15H2,1-4H3. The van der Waals surface area contributed by atoms with E-state index in [4.69, 9.17) is 5.73 Å². The SMILES string of the molecule is CCCCn1c(C)nc(-c2cnn(C(C)C)c2)c1N. The maximum Gasteiger partial charge on any atom is 0.131 e. The molecule has 0 aliphatic carbocycles. The molecule has 19 heavy (non-hydrogen) atoms. The zero-order valence-electron chi connectivity index (χ0n) is 12.2. The number of aryl methyl sites for hydroxylation is 1. The van der Waals surface area contributed by atoms with E-state index in [1.165, 1.54) is 0 Å². The summed E-state index contributed by atoms with van der Waals surface area (Å²) in [7, 11) is 0. The Bertz CT molecular complexity index is 550. The number of nitrogen functional groups attached to an aromatic ring is 1. The Morgan fingerprint density at radius 2 is 2.11 bits per heavy atom. The van der Waals surface area contributed by atoms with E-state index in [-0.39, 0.29) is 0 Å². The van der Waals surface area contributed by atoms with Crippen molar-refractivity contribution < 1.29 is 0 Å². The summed E-state index contributed by atoms with van der Waals surface area (Å²) in [6.45, 7) is 9.31. The second kappa shape index (κ2) is 5.47. The van der Waals surface area contributed by atoms with Crippen molar-refractivity contribution in [2.45, 2.75) is 53.1 Å². The Labute approximate surface area is 114 Å². The summed E-state index contributed by atoms with van der Waals surface area (Å²) in [5.74, 6) is 1.72. The molecule has 2 aromatic heterocycles. The Morgan fingerprint density at radius 1 is 1.37 bits per heavy atom. The fourth-order valence-corrected chi connectivity index (χ4v) is 2.14. The maximum absolute atomic E-state index is 6.23. The molecular weight excluding hydrogens is 238 g/mol. The van der Waals surface area contributed by atoms with E-state index in [0.29, 0.717) is 6.04 Å². The molecule has 0 aliphatic rings. The highest BCUT2D eigenvalue weighted by atomic mass is 15.3. The van der Waals surface area contributed by atoms with Gasteiger partial charge in [0.05, 0.1) is 6.20 Å². The topological polar surface area (TPSA) is 61.7 Å². The lowest BCUT2D eigenvalue weighted by molar-refractivity contribution is 0.532. The first-order chi connectivity index (χ1) is 9.04. The van der Waals surface area contributed by atoms with Crippen molar-refractivity contribution >= 4 is 5.82 Å². The van der Waals surface area contributed by atoms with E-state index in [0.717, 1.165) is 42.3 Å². The first-order valence-corrected chi connectivity index (χ1v) is 6.91. The van der Waals surface area contributed by atoms with Gasteiger partial charge in [-0.25, -0.2) is 4.98 Å². The van der Waals surface area contributed by atoms with E-state index in [9.17, 15) is 0 Å². The summed E-state index contributed by atoms with van der Waals surface area (Å²) < 4.78 is 4.01. The minimum atomic E-state index is 0.346. The lowest BCUT2D eigenvalue weighted by Gasteiger charge is -2.06. The first-order valence-electron chi connectivity index (χ1n) is 6.91. The summed E-state index contributed by atoms with van der Waals surface area (Å²) in [5, 5.41) is 4.35. The van der Waals surface area contributed by atoms with Crippen LogP contribution in [-0.2, 0) is 6.54 Å². The molecule has 0 amide bonds. The zero-order valence-corrected chi connectivity index (χ0v) is 12.2. The molecule has 2 aromatic rings. The van der Waals surface area contributed by atoms with E-state index >= 15 is 0 Å². The van der Waals surface area contributed by atoms with Gasteiger partial charge in [-0.1, -0.05) is 13.3 Å². The van der Waals surface area contributed by atoms with Crippen LogP contribution in [0.4, 0.5) is 5.82 Å². The van der Waals surface area contributed by atoms with Crippen LogP contribution in [0.25, 0.3) is 11.3 Å². The third-order valence-corrected chi connectivity index (χ3v) is 3.34. The molecule has 0 fully saturated rings. The number of nitrogens with two attached hydrogens (primary N) is 1. The zero-order chi connectivity index (χ0) is 14.0. The van der Waals surface area contributed by atoms with E-state index in [1.54, 1.807) is 0 Å². The molecule has 0 aromatic carbocycles. The van der Waals surface area contributed by atoms with Gasteiger partial charge in [-0.2, -0.15) is 5.10 Å². The minimum Gasteiger partial charge on any atom is -0.383 e. The molecule has 0 saturated heterocycles. The molecule has 2 rings (SSSR count). The summed E-state index contributed by atoms with van der Waals surface area (Å²) in [4.78, 5) is 4.59. The van der Waals surface area contributed by atoms with Gasteiger partial charge < -0.3 is 10.3 Å². The average molecular weight is 261 g/mol. The van der Waals surface area contributed by atoms with Crippen molar-refractivity contribution in [1.82, 2.24) is 19.3 Å². The van der Waals surface area contributed by atoms with Crippen molar-refractivity contribution in [1.29, 1.82) is 0 Å². The fourth-order valence-electron chi connectivity index (χ4n) is 2.14. The molecule has 0 radical (unpaired) electrons. The van der Waals surface area contributed by atoms with Gasteiger partial charge in [0.1, 0.15) is 17.3 Å². The Hall–Kier alpha value is -1.78. The molecular formula is C14H23N5. The van der Waals surface area contributed by atoms with Crippen molar-refractivity contribution in [3.8, 4) is 11.3 Å². The Morgan fingerprint density at radius 3 is 2.68 bits per heavy atom. The van der Waals surface area contributed by atoms with Gasteiger partial charge in [0.2, 0.25) is 0 Å². The summed E-state index contributed by atoms with van der Waals surface area (Å²) >= 11 is 0. The highest BCUT2D eigenvalue weighted by Crippen LogP contribution is 2.26. The third-order valence-electron chi connectivity index (χ3n) is 3.34. The highest BCUT2D eigenvalue weighted by Gasteiger charge is 2.15.